The van der Waals surface area contributed by atoms with E-state index in [1.54, 1.807) is 33.0 Å². The molecule has 2 amide bonds. The van der Waals surface area contributed by atoms with Crippen molar-refractivity contribution in [2.75, 3.05) is 43.9 Å². The largest absolute Gasteiger partial charge is 0.322 e. The molecule has 0 fully saturated rings. The molecule has 2 rings (SSSR count). The molecule has 31 heavy (non-hydrogen) atoms. The van der Waals surface area contributed by atoms with Crippen LogP contribution in [0.2, 0.25) is 0 Å². The van der Waals surface area contributed by atoms with Crippen molar-refractivity contribution in [1.29, 1.82) is 0 Å². The highest BCUT2D eigenvalue weighted by Crippen LogP contribution is 2.18. The van der Waals surface area contributed by atoms with Crippen molar-refractivity contribution in [3.05, 3.63) is 54.1 Å². The summed E-state index contributed by atoms with van der Waals surface area (Å²) >= 11 is 0. The summed E-state index contributed by atoms with van der Waals surface area (Å²) in [4.78, 5) is 25.4. The monoisotopic (exact) mass is 447 g/mol. The summed E-state index contributed by atoms with van der Waals surface area (Å²) in [5, 5.41) is 5.55. The smallest absolute Gasteiger partial charge is 0.279 e. The average Bonchev–Trinajstić information content (AvgIpc) is 2.70. The van der Waals surface area contributed by atoms with Crippen LogP contribution in [-0.4, -0.2) is 57.8 Å². The Morgan fingerprint density at radius 3 is 1.68 bits per heavy atom. The lowest BCUT2D eigenvalue weighted by Crippen LogP contribution is -3.11. The number of amides is 2. The first kappa shape index (κ1) is 24.5. The van der Waals surface area contributed by atoms with E-state index in [1.165, 1.54) is 16.4 Å². The number of benzene rings is 2. The summed E-state index contributed by atoms with van der Waals surface area (Å²) in [6, 6.07) is 13.6. The van der Waals surface area contributed by atoms with Crippen LogP contribution in [0.5, 0.6) is 0 Å². The number of sulfonamides is 1. The summed E-state index contributed by atoms with van der Waals surface area (Å²) in [6.07, 6.45) is 0. The van der Waals surface area contributed by atoms with E-state index in [0.717, 1.165) is 10.5 Å². The maximum absolute atomic E-state index is 12.5. The molecule has 0 radical (unpaired) electrons. The van der Waals surface area contributed by atoms with Crippen LogP contribution in [0, 0.1) is 6.92 Å². The van der Waals surface area contributed by atoms with Gasteiger partial charge in [-0.2, -0.15) is 4.31 Å². The van der Waals surface area contributed by atoms with Gasteiger partial charge in [0, 0.05) is 24.5 Å². The lowest BCUT2D eigenvalue weighted by atomic mass is 10.2. The minimum absolute atomic E-state index is 0.0980. The fraction of sp³-hybridized carbons (Fsp3) is 0.364. The van der Waals surface area contributed by atoms with Crippen molar-refractivity contribution in [2.45, 2.75) is 25.7 Å². The fourth-order valence-electron chi connectivity index (χ4n) is 3.08. The number of carbonyl (C=O) groups is 2. The molecule has 3 N–H and O–H groups in total. The summed E-state index contributed by atoms with van der Waals surface area (Å²) < 4.78 is 26.4. The van der Waals surface area contributed by atoms with Gasteiger partial charge in [-0.05, 0) is 43.3 Å². The van der Waals surface area contributed by atoms with Gasteiger partial charge in [-0.3, -0.25) is 9.59 Å². The third kappa shape index (κ3) is 7.16. The van der Waals surface area contributed by atoms with Gasteiger partial charge in [0.1, 0.15) is 0 Å². The number of hydrogen-bond acceptors (Lipinski definition) is 4. The van der Waals surface area contributed by atoms with Gasteiger partial charge < -0.3 is 15.5 Å². The Morgan fingerprint density at radius 1 is 0.839 bits per heavy atom. The Morgan fingerprint density at radius 2 is 1.26 bits per heavy atom. The molecule has 0 aromatic heterocycles. The van der Waals surface area contributed by atoms with Crippen molar-refractivity contribution >= 4 is 33.2 Å². The molecule has 0 bridgehead atoms. The van der Waals surface area contributed by atoms with Gasteiger partial charge in [-0.15, -0.1) is 0 Å². The van der Waals surface area contributed by atoms with Gasteiger partial charge >= 0.3 is 0 Å². The number of aryl methyl sites for hydroxylation is 1. The normalized spacial score (nSPS) is 12.4. The second-order valence-electron chi connectivity index (χ2n) is 7.39. The lowest BCUT2D eigenvalue weighted by Gasteiger charge is -2.18. The average molecular weight is 448 g/mol. The zero-order chi connectivity index (χ0) is 23.0. The van der Waals surface area contributed by atoms with E-state index in [4.69, 9.17) is 0 Å². The van der Waals surface area contributed by atoms with Crippen LogP contribution in [0.3, 0.4) is 0 Å². The number of carbonyl (C=O) groups excluding carboxylic acids is 2. The molecule has 8 nitrogen and oxygen atoms in total. The van der Waals surface area contributed by atoms with E-state index in [9.17, 15) is 18.0 Å². The second kappa shape index (κ2) is 11.0. The predicted molar refractivity (Wildman–Crippen MR) is 122 cm³/mol. The van der Waals surface area contributed by atoms with Crippen LogP contribution in [-0.2, 0) is 19.6 Å². The molecular formula is C22H31N4O4S+. The first-order chi connectivity index (χ1) is 14.6. The van der Waals surface area contributed by atoms with Crippen LogP contribution >= 0.6 is 0 Å². The fourth-order valence-corrected chi connectivity index (χ4v) is 4.54. The topological polar surface area (TPSA) is 100 Å². The van der Waals surface area contributed by atoms with Crippen LogP contribution in [0.25, 0.3) is 0 Å². The van der Waals surface area contributed by atoms with Crippen molar-refractivity contribution < 1.29 is 22.9 Å². The minimum Gasteiger partial charge on any atom is -0.322 e. The van der Waals surface area contributed by atoms with E-state index >= 15 is 0 Å². The number of hydrogen-bond donors (Lipinski definition) is 3. The Kier molecular flexibility index (Phi) is 8.73. The molecule has 1 atom stereocenters. The van der Waals surface area contributed by atoms with E-state index in [-0.39, 0.29) is 29.8 Å². The Hall–Kier alpha value is -2.75. The standard InChI is InChI=1S/C22H30N4O4S/c1-5-26(6-2)31(29,30)20-13-11-19(12-14-20)24-22(28)16-25(4)15-21(27)23-18-9-7-17(3)8-10-18/h7-14H,5-6,15-16H2,1-4H3,(H,23,27)(H,24,28)/p+1. The van der Waals surface area contributed by atoms with Gasteiger partial charge in [0.05, 0.1) is 11.9 Å². The highest BCUT2D eigenvalue weighted by molar-refractivity contribution is 7.89. The third-order valence-corrected chi connectivity index (χ3v) is 6.81. The molecule has 1 unspecified atom stereocenters. The third-order valence-electron chi connectivity index (χ3n) is 4.74. The zero-order valence-electron chi connectivity index (χ0n) is 18.4. The number of rotatable bonds is 10. The Balaban J connectivity index is 1.87. The molecule has 9 heteroatoms. The first-order valence-corrected chi connectivity index (χ1v) is 11.7. The molecule has 0 spiro atoms. The SMILES string of the molecule is CCN(CC)S(=O)(=O)c1ccc(NC(=O)C[NH+](C)CC(=O)Nc2ccc(C)cc2)cc1. The van der Waals surface area contributed by atoms with E-state index in [2.05, 4.69) is 10.6 Å². The molecule has 0 saturated carbocycles. The molecule has 0 saturated heterocycles. The number of likely N-dealkylation sites (N-methyl/N-ethyl adjacent to an activating group) is 1. The Bertz CT molecular complexity index is 985. The molecule has 168 valence electrons. The van der Waals surface area contributed by atoms with Crippen LogP contribution < -0.4 is 15.5 Å². The van der Waals surface area contributed by atoms with E-state index < -0.39 is 10.0 Å². The predicted octanol–water partition coefficient (Wildman–Crippen LogP) is 1.12. The summed E-state index contributed by atoms with van der Waals surface area (Å²) in [5.74, 6) is -0.444. The first-order valence-electron chi connectivity index (χ1n) is 10.2. The van der Waals surface area contributed by atoms with Crippen LogP contribution in [0.4, 0.5) is 11.4 Å². The molecular weight excluding hydrogens is 416 g/mol. The molecule has 0 aliphatic carbocycles. The molecule has 0 aliphatic rings. The number of quaternary nitrogens is 1. The summed E-state index contributed by atoms with van der Waals surface area (Å²) in [6.45, 7) is 6.57. The van der Waals surface area contributed by atoms with Gasteiger partial charge in [0.2, 0.25) is 10.0 Å². The van der Waals surface area contributed by atoms with Crippen molar-refractivity contribution in [3.8, 4) is 0 Å². The Labute approximate surface area is 184 Å². The van der Waals surface area contributed by atoms with Crippen molar-refractivity contribution in [1.82, 2.24) is 4.31 Å². The summed E-state index contributed by atoms with van der Waals surface area (Å²) in [7, 11) is -1.78. The van der Waals surface area contributed by atoms with E-state index in [0.29, 0.717) is 24.5 Å². The van der Waals surface area contributed by atoms with Gasteiger partial charge in [-0.25, -0.2) is 8.42 Å². The molecule has 2 aromatic carbocycles. The van der Waals surface area contributed by atoms with Gasteiger partial charge in [0.25, 0.3) is 11.8 Å². The number of nitrogens with zero attached hydrogens (tertiary/aromatic N) is 1. The highest BCUT2D eigenvalue weighted by Gasteiger charge is 2.21. The maximum atomic E-state index is 12.5. The molecule has 2 aromatic rings. The van der Waals surface area contributed by atoms with Gasteiger partial charge in [-0.1, -0.05) is 31.5 Å². The zero-order valence-corrected chi connectivity index (χ0v) is 19.3. The van der Waals surface area contributed by atoms with E-state index in [1.807, 2.05) is 31.2 Å². The lowest BCUT2D eigenvalue weighted by molar-refractivity contribution is -0.862. The molecule has 0 aliphatic heterocycles. The quantitative estimate of drug-likeness (QED) is 0.508. The van der Waals surface area contributed by atoms with Crippen LogP contribution in [0.15, 0.2) is 53.4 Å². The van der Waals surface area contributed by atoms with Crippen molar-refractivity contribution in [2.24, 2.45) is 0 Å². The van der Waals surface area contributed by atoms with Crippen molar-refractivity contribution in [3.63, 3.8) is 0 Å². The second-order valence-corrected chi connectivity index (χ2v) is 9.32. The molecule has 0 heterocycles. The highest BCUT2D eigenvalue weighted by atomic mass is 32.2. The summed E-state index contributed by atoms with van der Waals surface area (Å²) in [5.41, 5.74) is 2.32. The number of anilines is 2. The maximum Gasteiger partial charge on any atom is 0.279 e. The minimum atomic E-state index is -3.54. The number of nitrogens with one attached hydrogen (secondary N) is 3. The van der Waals surface area contributed by atoms with Gasteiger partial charge in [0.15, 0.2) is 13.1 Å². The van der Waals surface area contributed by atoms with Crippen LogP contribution in [0.1, 0.15) is 19.4 Å².